The molecule has 0 radical (unpaired) electrons. The fraction of sp³-hybridized carbons (Fsp3) is 0.231. The number of nitrogens with two attached hydrogens (primary N) is 1. The minimum atomic E-state index is 0.541. The van der Waals surface area contributed by atoms with E-state index in [4.69, 9.17) is 17.3 Å². The molecule has 0 amide bonds. The van der Waals surface area contributed by atoms with Gasteiger partial charge in [-0.25, -0.2) is 9.97 Å². The molecule has 4 nitrogen and oxygen atoms in total. The lowest BCUT2D eigenvalue weighted by Crippen LogP contribution is -2.24. The highest BCUT2D eigenvalue weighted by Gasteiger charge is 2.08. The van der Waals surface area contributed by atoms with Gasteiger partial charge in [-0.1, -0.05) is 23.7 Å². The summed E-state index contributed by atoms with van der Waals surface area (Å²) in [5, 5.41) is 0.541. The minimum absolute atomic E-state index is 0.541. The van der Waals surface area contributed by atoms with Gasteiger partial charge in [0, 0.05) is 18.8 Å². The Balaban J connectivity index is 2.17. The first kappa shape index (κ1) is 12.6. The monoisotopic (exact) mass is 262 g/mol. The molecule has 2 rings (SSSR count). The van der Waals surface area contributed by atoms with Crippen LogP contribution in [-0.4, -0.2) is 16.5 Å². The molecule has 0 fully saturated rings. The van der Waals surface area contributed by atoms with Gasteiger partial charge < -0.3 is 10.6 Å². The average Bonchev–Trinajstić information content (AvgIpc) is 2.37. The van der Waals surface area contributed by atoms with Crippen LogP contribution in [0.3, 0.4) is 0 Å². The summed E-state index contributed by atoms with van der Waals surface area (Å²) in [7, 11) is 0. The fourth-order valence-corrected chi connectivity index (χ4v) is 1.80. The van der Waals surface area contributed by atoms with Crippen molar-refractivity contribution in [3.8, 4) is 0 Å². The van der Waals surface area contributed by atoms with Crippen molar-refractivity contribution in [1.82, 2.24) is 9.97 Å². The van der Waals surface area contributed by atoms with Gasteiger partial charge in [0.2, 0.25) is 5.95 Å². The number of hydrogen-bond acceptors (Lipinski definition) is 4. The van der Waals surface area contributed by atoms with E-state index in [0.29, 0.717) is 11.0 Å². The molecular formula is C13H15ClN4. The summed E-state index contributed by atoms with van der Waals surface area (Å²) in [4.78, 5) is 10.5. The first-order valence-corrected chi connectivity index (χ1v) is 6.13. The zero-order valence-electron chi connectivity index (χ0n) is 10.2. The molecule has 2 N–H and O–H groups in total. The van der Waals surface area contributed by atoms with E-state index in [-0.39, 0.29) is 0 Å². The predicted octanol–water partition coefficient (Wildman–Crippen LogP) is 2.74. The van der Waals surface area contributed by atoms with Crippen molar-refractivity contribution in [1.29, 1.82) is 0 Å². The Morgan fingerprint density at radius 2 is 2.00 bits per heavy atom. The third-order valence-corrected chi connectivity index (χ3v) is 2.79. The molecule has 0 aliphatic carbocycles. The van der Waals surface area contributed by atoms with Crippen LogP contribution in [0.4, 0.5) is 11.6 Å². The van der Waals surface area contributed by atoms with Crippen LogP contribution < -0.4 is 10.6 Å². The molecule has 2 aromatic rings. The topological polar surface area (TPSA) is 55.0 Å². The summed E-state index contributed by atoms with van der Waals surface area (Å²) in [6.45, 7) is 3.60. The van der Waals surface area contributed by atoms with Crippen molar-refractivity contribution in [2.45, 2.75) is 13.5 Å². The lowest BCUT2D eigenvalue weighted by atomic mass is 10.2. The first-order valence-electron chi connectivity index (χ1n) is 5.76. The largest absolute Gasteiger partial charge is 0.399 e. The van der Waals surface area contributed by atoms with Crippen LogP contribution in [0.15, 0.2) is 36.7 Å². The zero-order chi connectivity index (χ0) is 13.0. The van der Waals surface area contributed by atoms with Crippen LogP contribution in [0.1, 0.15) is 12.5 Å². The number of hydrogen-bond donors (Lipinski definition) is 1. The molecule has 5 heteroatoms. The average molecular weight is 263 g/mol. The fourth-order valence-electron chi connectivity index (χ4n) is 1.70. The molecule has 0 saturated carbocycles. The van der Waals surface area contributed by atoms with Gasteiger partial charge in [-0.3, -0.25) is 0 Å². The van der Waals surface area contributed by atoms with E-state index in [1.807, 2.05) is 24.3 Å². The molecule has 0 aliphatic rings. The molecule has 1 aromatic heterocycles. The Morgan fingerprint density at radius 3 is 2.61 bits per heavy atom. The maximum atomic E-state index is 5.78. The smallest absolute Gasteiger partial charge is 0.225 e. The number of nitrogens with zero attached hydrogens (tertiary/aromatic N) is 3. The van der Waals surface area contributed by atoms with Crippen LogP contribution >= 0.6 is 11.6 Å². The van der Waals surface area contributed by atoms with Crippen molar-refractivity contribution < 1.29 is 0 Å². The highest BCUT2D eigenvalue weighted by molar-refractivity contribution is 6.30. The summed E-state index contributed by atoms with van der Waals surface area (Å²) in [6.07, 6.45) is 3.21. The van der Waals surface area contributed by atoms with Crippen LogP contribution in [0.2, 0.25) is 5.02 Å². The predicted molar refractivity (Wildman–Crippen MR) is 74.6 cm³/mol. The molecule has 0 aliphatic heterocycles. The third kappa shape index (κ3) is 3.11. The maximum Gasteiger partial charge on any atom is 0.225 e. The highest BCUT2D eigenvalue weighted by atomic mass is 35.5. The quantitative estimate of drug-likeness (QED) is 0.861. The van der Waals surface area contributed by atoms with Gasteiger partial charge in [0.25, 0.3) is 0 Å². The number of halogens is 1. The molecule has 0 saturated heterocycles. The summed E-state index contributed by atoms with van der Waals surface area (Å²) >= 11 is 5.78. The van der Waals surface area contributed by atoms with Crippen molar-refractivity contribution >= 4 is 23.2 Å². The Morgan fingerprint density at radius 1 is 1.28 bits per heavy atom. The van der Waals surface area contributed by atoms with Crippen molar-refractivity contribution in [2.75, 3.05) is 17.2 Å². The molecule has 0 spiro atoms. The van der Waals surface area contributed by atoms with Gasteiger partial charge in [0.1, 0.15) is 0 Å². The van der Waals surface area contributed by atoms with Crippen molar-refractivity contribution in [2.24, 2.45) is 0 Å². The molecule has 0 atom stereocenters. The van der Waals surface area contributed by atoms with Crippen LogP contribution in [0, 0.1) is 0 Å². The molecule has 94 valence electrons. The highest BCUT2D eigenvalue weighted by Crippen LogP contribution is 2.15. The molecule has 0 unspecified atom stereocenters. The third-order valence-electron chi connectivity index (χ3n) is 2.60. The van der Waals surface area contributed by atoms with Gasteiger partial charge in [0.05, 0.1) is 17.4 Å². The normalized spacial score (nSPS) is 10.3. The van der Waals surface area contributed by atoms with E-state index in [9.17, 15) is 0 Å². The van der Waals surface area contributed by atoms with Crippen molar-refractivity contribution in [3.63, 3.8) is 0 Å². The van der Waals surface area contributed by atoms with E-state index in [2.05, 4.69) is 21.8 Å². The Bertz CT molecular complexity index is 513. The van der Waals surface area contributed by atoms with E-state index < -0.39 is 0 Å². The lowest BCUT2D eigenvalue weighted by Gasteiger charge is -2.20. The first-order chi connectivity index (χ1) is 8.69. The number of nitrogen functional groups attached to an aromatic ring is 1. The Kier molecular flexibility index (Phi) is 3.99. The van der Waals surface area contributed by atoms with Gasteiger partial charge >= 0.3 is 0 Å². The second kappa shape index (κ2) is 5.69. The summed E-state index contributed by atoms with van der Waals surface area (Å²) in [6, 6.07) is 7.81. The number of benzene rings is 1. The summed E-state index contributed by atoms with van der Waals surface area (Å²) < 4.78 is 0. The minimum Gasteiger partial charge on any atom is -0.399 e. The van der Waals surface area contributed by atoms with Gasteiger partial charge in [-0.2, -0.15) is 0 Å². The van der Waals surface area contributed by atoms with E-state index in [1.54, 1.807) is 12.4 Å². The molecule has 1 heterocycles. The van der Waals surface area contributed by atoms with E-state index in [1.165, 1.54) is 0 Å². The number of anilines is 2. The zero-order valence-corrected chi connectivity index (χ0v) is 10.9. The second-order valence-electron chi connectivity index (χ2n) is 3.96. The van der Waals surface area contributed by atoms with Gasteiger partial charge in [-0.05, 0) is 24.6 Å². The molecule has 1 aromatic carbocycles. The van der Waals surface area contributed by atoms with Gasteiger partial charge in [0.15, 0.2) is 0 Å². The molecule has 18 heavy (non-hydrogen) atoms. The Labute approximate surface area is 111 Å². The van der Waals surface area contributed by atoms with Gasteiger partial charge in [-0.15, -0.1) is 0 Å². The Hall–Kier alpha value is -1.81. The van der Waals surface area contributed by atoms with E-state index >= 15 is 0 Å². The number of aromatic nitrogens is 2. The second-order valence-corrected chi connectivity index (χ2v) is 4.40. The SMILES string of the molecule is CCN(Cc1cccc(N)c1)c1ncc(Cl)cn1. The van der Waals surface area contributed by atoms with Crippen molar-refractivity contribution in [3.05, 3.63) is 47.2 Å². The lowest BCUT2D eigenvalue weighted by molar-refractivity contribution is 0.792. The number of rotatable bonds is 4. The molecule has 0 bridgehead atoms. The van der Waals surface area contributed by atoms with Crippen LogP contribution in [0.5, 0.6) is 0 Å². The maximum absolute atomic E-state index is 5.78. The van der Waals surface area contributed by atoms with Crippen LogP contribution in [0.25, 0.3) is 0 Å². The standard InChI is InChI=1S/C13H15ClN4/c1-2-18(13-16-7-11(14)8-17-13)9-10-4-3-5-12(15)6-10/h3-8H,2,9,15H2,1H3. The van der Waals surface area contributed by atoms with E-state index in [0.717, 1.165) is 24.3 Å². The molecular weight excluding hydrogens is 248 g/mol. The summed E-state index contributed by atoms with van der Waals surface area (Å²) in [5.74, 6) is 0.671. The summed E-state index contributed by atoms with van der Waals surface area (Å²) in [5.41, 5.74) is 7.67. The van der Waals surface area contributed by atoms with Crippen LogP contribution in [-0.2, 0) is 6.54 Å².